The smallest absolute Gasteiger partial charge is 0.328 e. The number of hydrogen-bond donors (Lipinski definition) is 2. The molecule has 1 heterocycles. The Morgan fingerprint density at radius 3 is 1.83 bits per heavy atom. The molecule has 0 unspecified atom stereocenters. The normalized spacial score (nSPS) is 15.0. The number of imide groups is 2. The van der Waals surface area contributed by atoms with Crippen LogP contribution in [-0.4, -0.2) is 30.9 Å². The lowest BCUT2D eigenvalue weighted by Gasteiger charge is -2.20. The van der Waals surface area contributed by atoms with Crippen molar-refractivity contribution in [2.24, 2.45) is 0 Å². The molecule has 0 saturated carbocycles. The molecule has 0 bridgehead atoms. The molecule has 1 saturated heterocycles. The van der Waals surface area contributed by atoms with Gasteiger partial charge in [0.05, 0.1) is 0 Å². The lowest BCUT2D eigenvalue weighted by molar-refractivity contribution is -0.124. The number of carbonyl (C=O) groups is 3. The van der Waals surface area contributed by atoms with Crippen LogP contribution in [0, 0.1) is 0 Å². The van der Waals surface area contributed by atoms with E-state index >= 15 is 0 Å². The van der Waals surface area contributed by atoms with Crippen LogP contribution in [0.1, 0.15) is 19.4 Å². The lowest BCUT2D eigenvalue weighted by atomic mass is 10.1. The summed E-state index contributed by atoms with van der Waals surface area (Å²) in [6.45, 7) is 6.28. The van der Waals surface area contributed by atoms with E-state index in [1.807, 2.05) is 41.0 Å². The largest absolute Gasteiger partial charge is 0.372 e. The van der Waals surface area contributed by atoms with Crippen molar-refractivity contribution >= 4 is 29.6 Å². The highest BCUT2D eigenvalue weighted by Crippen LogP contribution is 2.15. The summed E-state index contributed by atoms with van der Waals surface area (Å²) in [5, 5.41) is 4.02. The number of carbonyl (C=O) groups excluding carboxylic acids is 3. The van der Waals surface area contributed by atoms with E-state index in [-0.39, 0.29) is 5.57 Å². The summed E-state index contributed by atoms with van der Waals surface area (Å²) in [7, 11) is 0. The van der Waals surface area contributed by atoms with Gasteiger partial charge in [0.2, 0.25) is 0 Å². The second-order valence-electron chi connectivity index (χ2n) is 6.10. The maximum Gasteiger partial charge on any atom is 0.328 e. The van der Waals surface area contributed by atoms with Crippen molar-refractivity contribution in [3.8, 4) is 0 Å². The third kappa shape index (κ3) is 6.77. The topological polar surface area (TPSA) is 78.5 Å². The van der Waals surface area contributed by atoms with Crippen LogP contribution in [0.25, 0.3) is 6.08 Å². The number of benzene rings is 1. The molecule has 6 heteroatoms. The number of anilines is 1. The predicted octanol–water partition coefficient (Wildman–Crippen LogP) is 3.51. The fraction of sp³-hybridized carbons (Fsp3) is 0.174. The van der Waals surface area contributed by atoms with Gasteiger partial charge in [-0.15, -0.1) is 0 Å². The molecule has 0 aliphatic carbocycles. The molecule has 1 fully saturated rings. The van der Waals surface area contributed by atoms with Gasteiger partial charge in [0.1, 0.15) is 5.57 Å². The van der Waals surface area contributed by atoms with Gasteiger partial charge in [-0.2, -0.15) is 0 Å². The Kier molecular flexibility index (Phi) is 8.38. The number of nitrogens with zero attached hydrogens (tertiary/aromatic N) is 1. The molecule has 0 radical (unpaired) electrons. The first-order valence-corrected chi connectivity index (χ1v) is 9.45. The maximum atomic E-state index is 11.5. The molecular formula is C23H25N3O3. The van der Waals surface area contributed by atoms with Crippen molar-refractivity contribution in [1.82, 2.24) is 10.6 Å². The van der Waals surface area contributed by atoms with Crippen LogP contribution in [0.5, 0.6) is 0 Å². The van der Waals surface area contributed by atoms with Crippen molar-refractivity contribution in [1.29, 1.82) is 0 Å². The van der Waals surface area contributed by atoms with Crippen molar-refractivity contribution in [2.45, 2.75) is 13.8 Å². The van der Waals surface area contributed by atoms with E-state index in [1.54, 1.807) is 18.2 Å². The van der Waals surface area contributed by atoms with E-state index < -0.39 is 17.8 Å². The maximum absolute atomic E-state index is 11.5. The summed E-state index contributed by atoms with van der Waals surface area (Å²) in [5.74, 6) is -1.41. The van der Waals surface area contributed by atoms with Crippen molar-refractivity contribution in [3.63, 3.8) is 0 Å². The molecule has 0 atom stereocenters. The quantitative estimate of drug-likeness (QED) is 0.404. The first kappa shape index (κ1) is 21.6. The molecule has 2 rings (SSSR count). The van der Waals surface area contributed by atoms with E-state index in [4.69, 9.17) is 0 Å². The van der Waals surface area contributed by atoms with Gasteiger partial charge in [0.25, 0.3) is 11.8 Å². The lowest BCUT2D eigenvalue weighted by Crippen LogP contribution is -2.51. The standard InChI is InChI=1S/C23H25N3O3/c1-3-26(4-2)19-16-14-18(15-17-19)12-10-8-6-5-7-9-11-13-20-21(27)24-23(29)25-22(20)28/h5-17H,3-4H2,1-2H3,(H2,24,25,27,28,29)/b7-5+,8-6+,11-9+,12-10+. The Labute approximate surface area is 171 Å². The fourth-order valence-corrected chi connectivity index (χ4v) is 2.65. The van der Waals surface area contributed by atoms with E-state index in [9.17, 15) is 14.4 Å². The number of urea groups is 1. The van der Waals surface area contributed by atoms with Crippen LogP contribution in [0.2, 0.25) is 0 Å². The molecule has 29 heavy (non-hydrogen) atoms. The Bertz CT molecular complexity index is 864. The number of nitrogens with one attached hydrogen (secondary N) is 2. The minimum absolute atomic E-state index is 0.111. The van der Waals surface area contributed by atoms with Crippen molar-refractivity contribution in [2.75, 3.05) is 18.0 Å². The summed E-state index contributed by atoms with van der Waals surface area (Å²) < 4.78 is 0. The minimum Gasteiger partial charge on any atom is -0.372 e. The van der Waals surface area contributed by atoms with E-state index in [2.05, 4.69) is 43.0 Å². The Hall–Kier alpha value is -3.67. The fourth-order valence-electron chi connectivity index (χ4n) is 2.65. The number of rotatable bonds is 8. The Morgan fingerprint density at radius 2 is 1.28 bits per heavy atom. The first-order valence-electron chi connectivity index (χ1n) is 9.45. The summed E-state index contributed by atoms with van der Waals surface area (Å²) in [6, 6.07) is 7.63. The van der Waals surface area contributed by atoms with Crippen LogP contribution in [0.3, 0.4) is 0 Å². The monoisotopic (exact) mass is 391 g/mol. The predicted molar refractivity (Wildman–Crippen MR) is 116 cm³/mol. The molecule has 1 aliphatic heterocycles. The molecule has 0 spiro atoms. The molecule has 2 N–H and O–H groups in total. The average Bonchev–Trinajstić information content (AvgIpc) is 2.70. The molecule has 4 amide bonds. The minimum atomic E-state index is -0.806. The van der Waals surface area contributed by atoms with Crippen molar-refractivity contribution in [3.05, 3.63) is 84.0 Å². The van der Waals surface area contributed by atoms with Gasteiger partial charge in [-0.1, -0.05) is 60.7 Å². The molecule has 0 aromatic heterocycles. The molecular weight excluding hydrogens is 366 g/mol. The molecule has 1 aromatic rings. The Morgan fingerprint density at radius 1 is 0.759 bits per heavy atom. The summed E-state index contributed by atoms with van der Waals surface area (Å²) in [4.78, 5) is 36.3. The summed E-state index contributed by atoms with van der Waals surface area (Å²) >= 11 is 0. The third-order valence-electron chi connectivity index (χ3n) is 4.18. The van der Waals surface area contributed by atoms with Gasteiger partial charge in [-0.3, -0.25) is 20.2 Å². The first-order chi connectivity index (χ1) is 14.0. The van der Waals surface area contributed by atoms with E-state index in [1.165, 1.54) is 11.8 Å². The second kappa shape index (κ2) is 11.2. The van der Waals surface area contributed by atoms with Gasteiger partial charge in [-0.05, 0) is 37.6 Å². The van der Waals surface area contributed by atoms with E-state index in [0.29, 0.717) is 0 Å². The average molecular weight is 391 g/mol. The van der Waals surface area contributed by atoms with Gasteiger partial charge < -0.3 is 4.90 Å². The van der Waals surface area contributed by atoms with Crippen LogP contribution < -0.4 is 15.5 Å². The van der Waals surface area contributed by atoms with Crippen molar-refractivity contribution < 1.29 is 14.4 Å². The van der Waals surface area contributed by atoms with Gasteiger partial charge >= 0.3 is 6.03 Å². The van der Waals surface area contributed by atoms with Gasteiger partial charge in [0.15, 0.2) is 0 Å². The molecule has 150 valence electrons. The van der Waals surface area contributed by atoms with Crippen LogP contribution in [-0.2, 0) is 9.59 Å². The second-order valence-corrected chi connectivity index (χ2v) is 6.10. The van der Waals surface area contributed by atoms with Crippen LogP contribution in [0.15, 0.2) is 78.4 Å². The number of allylic oxidation sites excluding steroid dienone is 8. The number of hydrogen-bond acceptors (Lipinski definition) is 4. The molecule has 1 aromatic carbocycles. The summed E-state index contributed by atoms with van der Waals surface area (Å²) in [5.41, 5.74) is 2.24. The van der Waals surface area contributed by atoms with Crippen LogP contribution >= 0.6 is 0 Å². The van der Waals surface area contributed by atoms with E-state index in [0.717, 1.165) is 18.7 Å². The van der Waals surface area contributed by atoms with Gasteiger partial charge in [0, 0.05) is 18.8 Å². The highest BCUT2D eigenvalue weighted by atomic mass is 16.2. The SMILES string of the molecule is CCN(CC)c1ccc(/C=C/C=C/C=C/C=C/C=C2C(=O)NC(=O)NC2=O)cc1. The number of amides is 4. The highest BCUT2D eigenvalue weighted by Gasteiger charge is 2.26. The third-order valence-corrected chi connectivity index (χ3v) is 4.18. The zero-order chi connectivity index (χ0) is 21.1. The molecule has 1 aliphatic rings. The Balaban J connectivity index is 1.82. The number of barbiturate groups is 1. The van der Waals surface area contributed by atoms with Gasteiger partial charge in [-0.25, -0.2) is 4.79 Å². The zero-order valence-electron chi connectivity index (χ0n) is 16.6. The zero-order valence-corrected chi connectivity index (χ0v) is 16.6. The molecule has 6 nitrogen and oxygen atoms in total. The summed E-state index contributed by atoms with van der Waals surface area (Å²) in [6.07, 6.45) is 16.0. The van der Waals surface area contributed by atoms with Crippen LogP contribution in [0.4, 0.5) is 10.5 Å². The highest BCUT2D eigenvalue weighted by molar-refractivity contribution is 6.29.